The third kappa shape index (κ3) is 5.13. The maximum absolute atomic E-state index is 12.3. The fourth-order valence-electron chi connectivity index (χ4n) is 2.18. The summed E-state index contributed by atoms with van der Waals surface area (Å²) < 4.78 is 5.56. The maximum Gasteiger partial charge on any atom is 0.321 e. The Morgan fingerprint density at radius 3 is 2.00 bits per heavy atom. The van der Waals surface area contributed by atoms with Gasteiger partial charge in [0, 0.05) is 0 Å². The molecule has 1 unspecified atom stereocenters. The number of hydrogen-bond donors (Lipinski definition) is 0. The third-order valence-electron chi connectivity index (χ3n) is 3.74. The van der Waals surface area contributed by atoms with Gasteiger partial charge in [0.2, 0.25) is 5.24 Å². The van der Waals surface area contributed by atoms with Crippen LogP contribution in [0.1, 0.15) is 72.6 Å². The average Bonchev–Trinajstić information content (AvgIpc) is 2.38. The van der Waals surface area contributed by atoms with E-state index >= 15 is 0 Å². The molecule has 0 aromatic carbocycles. The number of carbonyl (C=O) groups is 2. The Morgan fingerprint density at radius 2 is 1.63 bits per heavy atom. The van der Waals surface area contributed by atoms with Gasteiger partial charge in [-0.05, 0) is 37.3 Å². The van der Waals surface area contributed by atoms with E-state index in [4.69, 9.17) is 16.3 Å². The van der Waals surface area contributed by atoms with Gasteiger partial charge in [0.05, 0.1) is 0 Å². The molecule has 0 N–H and O–H groups in total. The average molecular weight is 291 g/mol. The molecule has 0 aliphatic heterocycles. The van der Waals surface area contributed by atoms with Crippen molar-refractivity contribution in [3.05, 3.63) is 0 Å². The first-order valence-corrected chi connectivity index (χ1v) is 7.77. The van der Waals surface area contributed by atoms with Crippen molar-refractivity contribution in [1.82, 2.24) is 0 Å². The van der Waals surface area contributed by atoms with Crippen LogP contribution in [0.25, 0.3) is 0 Å². The number of hydrogen-bond acceptors (Lipinski definition) is 3. The molecular formula is C15H27ClO3. The highest BCUT2D eigenvalue weighted by Crippen LogP contribution is 2.32. The number of esters is 1. The Labute approximate surface area is 122 Å². The van der Waals surface area contributed by atoms with Crippen LogP contribution in [0.5, 0.6) is 0 Å². The lowest BCUT2D eigenvalue weighted by Gasteiger charge is -2.28. The van der Waals surface area contributed by atoms with E-state index in [9.17, 15) is 9.59 Å². The Morgan fingerprint density at radius 1 is 1.05 bits per heavy atom. The van der Waals surface area contributed by atoms with E-state index in [2.05, 4.69) is 13.8 Å². The first-order chi connectivity index (χ1) is 8.98. The van der Waals surface area contributed by atoms with Crippen LogP contribution in [-0.2, 0) is 14.3 Å². The van der Waals surface area contributed by atoms with Crippen LogP contribution < -0.4 is 0 Å². The summed E-state index contributed by atoms with van der Waals surface area (Å²) >= 11 is 5.62. The molecule has 1 atom stereocenters. The summed E-state index contributed by atoms with van der Waals surface area (Å²) in [6.07, 6.45) is 5.43. The maximum atomic E-state index is 12.3. The largest absolute Gasteiger partial charge is 0.462 e. The summed E-state index contributed by atoms with van der Waals surface area (Å²) in [4.78, 5) is 23.9. The summed E-state index contributed by atoms with van der Waals surface area (Å²) in [5.74, 6) is -0.452. The number of carbonyl (C=O) groups excluding carboxylic acids is 2. The smallest absolute Gasteiger partial charge is 0.321 e. The topological polar surface area (TPSA) is 43.4 Å². The van der Waals surface area contributed by atoms with E-state index in [-0.39, 0.29) is 6.10 Å². The molecule has 0 fully saturated rings. The second-order valence-corrected chi connectivity index (χ2v) is 5.36. The highest BCUT2D eigenvalue weighted by Gasteiger charge is 2.43. The fraction of sp³-hybridized carbons (Fsp3) is 0.867. The molecule has 0 bridgehead atoms. The number of ether oxygens (including phenoxy) is 1. The molecule has 0 saturated carbocycles. The van der Waals surface area contributed by atoms with Gasteiger partial charge in [0.15, 0.2) is 0 Å². The highest BCUT2D eigenvalue weighted by atomic mass is 35.5. The predicted octanol–water partition coefficient (Wildman–Crippen LogP) is 4.46. The number of halogens is 1. The summed E-state index contributed by atoms with van der Waals surface area (Å²) in [6, 6.07) is 0. The first-order valence-electron chi connectivity index (χ1n) is 7.39. The normalized spacial score (nSPS) is 13.1. The van der Waals surface area contributed by atoms with Gasteiger partial charge >= 0.3 is 5.97 Å². The molecule has 19 heavy (non-hydrogen) atoms. The molecule has 0 aromatic rings. The summed E-state index contributed by atoms with van der Waals surface area (Å²) in [5, 5.41) is -0.603. The van der Waals surface area contributed by atoms with Gasteiger partial charge in [-0.15, -0.1) is 0 Å². The quantitative estimate of drug-likeness (QED) is 0.339. The minimum Gasteiger partial charge on any atom is -0.462 e. The van der Waals surface area contributed by atoms with Gasteiger partial charge in [0.25, 0.3) is 0 Å². The molecule has 0 rings (SSSR count). The van der Waals surface area contributed by atoms with E-state index in [1.165, 1.54) is 0 Å². The van der Waals surface area contributed by atoms with E-state index in [0.717, 1.165) is 32.1 Å². The molecule has 0 amide bonds. The molecular weight excluding hydrogens is 264 g/mol. The van der Waals surface area contributed by atoms with Gasteiger partial charge in [-0.1, -0.05) is 47.0 Å². The molecule has 3 nitrogen and oxygen atoms in total. The minimum atomic E-state index is -1.17. The van der Waals surface area contributed by atoms with Gasteiger partial charge in [-0.2, -0.15) is 0 Å². The summed E-state index contributed by atoms with van der Waals surface area (Å²) in [5.41, 5.74) is -1.17. The molecule has 0 aromatic heterocycles. The van der Waals surface area contributed by atoms with E-state index in [1.807, 2.05) is 0 Å². The van der Waals surface area contributed by atoms with Crippen molar-refractivity contribution in [1.29, 1.82) is 0 Å². The van der Waals surface area contributed by atoms with E-state index in [0.29, 0.717) is 12.8 Å². The minimum absolute atomic E-state index is 0.0917. The first kappa shape index (κ1) is 18.4. The molecule has 0 spiro atoms. The van der Waals surface area contributed by atoms with Crippen molar-refractivity contribution >= 4 is 22.8 Å². The molecule has 4 heteroatoms. The highest BCUT2D eigenvalue weighted by molar-refractivity contribution is 6.66. The lowest BCUT2D eigenvalue weighted by Crippen LogP contribution is -2.39. The zero-order valence-corrected chi connectivity index (χ0v) is 13.4. The van der Waals surface area contributed by atoms with Crippen LogP contribution in [-0.4, -0.2) is 17.3 Å². The van der Waals surface area contributed by atoms with Crippen molar-refractivity contribution in [2.24, 2.45) is 5.41 Å². The fourth-order valence-corrected chi connectivity index (χ4v) is 2.52. The monoisotopic (exact) mass is 290 g/mol. The van der Waals surface area contributed by atoms with Crippen molar-refractivity contribution in [3.63, 3.8) is 0 Å². The van der Waals surface area contributed by atoms with Crippen LogP contribution in [0.15, 0.2) is 0 Å². The Bertz CT molecular complexity index is 285. The van der Waals surface area contributed by atoms with E-state index < -0.39 is 16.6 Å². The van der Waals surface area contributed by atoms with Gasteiger partial charge < -0.3 is 4.74 Å². The van der Waals surface area contributed by atoms with Gasteiger partial charge in [0.1, 0.15) is 11.5 Å². The number of unbranched alkanes of at least 4 members (excludes halogenated alkanes) is 1. The second-order valence-electron chi connectivity index (χ2n) is 5.02. The lowest BCUT2D eigenvalue weighted by molar-refractivity contribution is -0.164. The van der Waals surface area contributed by atoms with Crippen LogP contribution in [0.4, 0.5) is 0 Å². The van der Waals surface area contributed by atoms with Crippen molar-refractivity contribution in [2.45, 2.75) is 78.7 Å². The standard InChI is InChI=1S/C15H27ClO3/c1-5-9-11-12(10-6-2)19-14(18)15(7-3,8-4)13(16)17/h12H,5-11H2,1-4H3. The Kier molecular flexibility index (Phi) is 9.07. The van der Waals surface area contributed by atoms with Gasteiger partial charge in [-0.3, -0.25) is 9.59 Å². The lowest BCUT2D eigenvalue weighted by atomic mass is 9.84. The third-order valence-corrected chi connectivity index (χ3v) is 4.10. The van der Waals surface area contributed by atoms with Crippen LogP contribution in [0.2, 0.25) is 0 Å². The van der Waals surface area contributed by atoms with Crippen molar-refractivity contribution in [3.8, 4) is 0 Å². The molecule has 0 heterocycles. The van der Waals surface area contributed by atoms with Crippen LogP contribution in [0, 0.1) is 5.41 Å². The SMILES string of the molecule is CCCCC(CCC)OC(=O)C(CC)(CC)C(=O)Cl. The summed E-state index contributed by atoms with van der Waals surface area (Å²) in [7, 11) is 0. The Hall–Kier alpha value is -0.570. The molecule has 112 valence electrons. The zero-order valence-electron chi connectivity index (χ0n) is 12.6. The van der Waals surface area contributed by atoms with Crippen LogP contribution >= 0.6 is 11.6 Å². The van der Waals surface area contributed by atoms with Gasteiger partial charge in [-0.25, -0.2) is 0 Å². The number of rotatable bonds is 10. The van der Waals surface area contributed by atoms with Crippen molar-refractivity contribution in [2.75, 3.05) is 0 Å². The van der Waals surface area contributed by atoms with Crippen molar-refractivity contribution < 1.29 is 14.3 Å². The van der Waals surface area contributed by atoms with Crippen LogP contribution in [0.3, 0.4) is 0 Å². The molecule has 0 aliphatic carbocycles. The zero-order chi connectivity index (χ0) is 14.9. The molecule has 0 radical (unpaired) electrons. The predicted molar refractivity (Wildman–Crippen MR) is 78.2 cm³/mol. The molecule has 0 aliphatic rings. The second kappa shape index (κ2) is 9.35. The Balaban J connectivity index is 4.80. The summed E-state index contributed by atoms with van der Waals surface area (Å²) in [6.45, 7) is 7.76. The molecule has 0 saturated heterocycles. The van der Waals surface area contributed by atoms with E-state index in [1.54, 1.807) is 13.8 Å².